The van der Waals surface area contributed by atoms with Gasteiger partial charge in [-0.3, -0.25) is 0 Å². The minimum atomic E-state index is 0. The van der Waals surface area contributed by atoms with Gasteiger partial charge in [-0.2, -0.15) is 4.98 Å². The smallest absolute Gasteiger partial charge is 0.231 e. The lowest BCUT2D eigenvalue weighted by Crippen LogP contribution is -2.28. The van der Waals surface area contributed by atoms with Crippen LogP contribution in [0.4, 0.5) is 0 Å². The van der Waals surface area contributed by atoms with Gasteiger partial charge < -0.3 is 9.84 Å². The van der Waals surface area contributed by atoms with Crippen LogP contribution in [0.5, 0.6) is 0 Å². The van der Waals surface area contributed by atoms with E-state index in [0.29, 0.717) is 12.3 Å². The van der Waals surface area contributed by atoms with Gasteiger partial charge in [0.15, 0.2) is 5.82 Å². The number of halogens is 1. The molecular weight excluding hydrogens is 214 g/mol. The molecule has 0 amide bonds. The lowest BCUT2D eigenvalue weighted by Gasteiger charge is -2.18. The average Bonchev–Trinajstić information content (AvgIpc) is 2.68. The summed E-state index contributed by atoms with van der Waals surface area (Å²) in [6.07, 6.45) is 4.80. The van der Waals surface area contributed by atoms with Crippen LogP contribution >= 0.6 is 12.4 Å². The highest BCUT2D eigenvalue weighted by Gasteiger charge is 2.20. The number of hydrogen-bond acceptors (Lipinski definition) is 4. The molecule has 1 aromatic heterocycles. The minimum Gasteiger partial charge on any atom is -0.339 e. The topological polar surface area (TPSA) is 51.0 Å². The predicted molar refractivity (Wildman–Crippen MR) is 60.3 cm³/mol. The van der Waals surface area contributed by atoms with Crippen molar-refractivity contribution in [3.05, 3.63) is 24.4 Å². The molecule has 4 nitrogen and oxygen atoms in total. The van der Waals surface area contributed by atoms with Crippen LogP contribution in [0, 0.1) is 0 Å². The van der Waals surface area contributed by atoms with E-state index in [9.17, 15) is 0 Å². The molecular formula is C10H16ClN3O. The first-order chi connectivity index (χ1) is 6.90. The molecule has 1 saturated heterocycles. The Morgan fingerprint density at radius 2 is 2.47 bits per heavy atom. The Bertz CT molecular complexity index is 307. The first-order valence-electron chi connectivity index (χ1n) is 5.04. The second-order valence-electron chi connectivity index (χ2n) is 3.58. The molecule has 0 saturated carbocycles. The normalized spacial score (nSPS) is 20.7. The number of hydrogen-bond donors (Lipinski definition) is 1. The molecule has 1 atom stereocenters. The van der Waals surface area contributed by atoms with Crippen LogP contribution in [-0.2, 0) is 6.42 Å². The molecule has 1 unspecified atom stereocenters. The highest BCUT2D eigenvalue weighted by Crippen LogP contribution is 2.21. The Morgan fingerprint density at radius 3 is 3.13 bits per heavy atom. The van der Waals surface area contributed by atoms with Gasteiger partial charge >= 0.3 is 0 Å². The maximum atomic E-state index is 5.21. The fourth-order valence-electron chi connectivity index (χ4n) is 1.71. The summed E-state index contributed by atoms with van der Waals surface area (Å²) in [5.74, 6) is 1.91. The van der Waals surface area contributed by atoms with E-state index >= 15 is 0 Å². The monoisotopic (exact) mass is 229 g/mol. The molecule has 1 aliphatic heterocycles. The summed E-state index contributed by atoms with van der Waals surface area (Å²) in [6.45, 7) is 5.70. The fourth-order valence-corrected chi connectivity index (χ4v) is 1.71. The molecule has 0 bridgehead atoms. The highest BCUT2D eigenvalue weighted by molar-refractivity contribution is 5.85. The van der Waals surface area contributed by atoms with E-state index in [1.165, 1.54) is 6.42 Å². The molecule has 15 heavy (non-hydrogen) atoms. The van der Waals surface area contributed by atoms with Gasteiger partial charge in [0, 0.05) is 13.0 Å². The summed E-state index contributed by atoms with van der Waals surface area (Å²) < 4.78 is 5.21. The van der Waals surface area contributed by atoms with Gasteiger partial charge in [-0.25, -0.2) is 0 Å². The van der Waals surface area contributed by atoms with E-state index < -0.39 is 0 Å². The Balaban J connectivity index is 0.00000112. The summed E-state index contributed by atoms with van der Waals surface area (Å²) in [7, 11) is 0. The molecule has 1 aliphatic rings. The second-order valence-corrected chi connectivity index (χ2v) is 3.58. The van der Waals surface area contributed by atoms with Gasteiger partial charge in [-0.05, 0) is 19.4 Å². The van der Waals surface area contributed by atoms with E-state index in [4.69, 9.17) is 4.52 Å². The quantitative estimate of drug-likeness (QED) is 0.802. The van der Waals surface area contributed by atoms with Crippen LogP contribution in [0.25, 0.3) is 0 Å². The van der Waals surface area contributed by atoms with Crippen molar-refractivity contribution in [1.29, 1.82) is 0 Å². The van der Waals surface area contributed by atoms with E-state index in [0.717, 1.165) is 31.2 Å². The largest absolute Gasteiger partial charge is 0.339 e. The maximum Gasteiger partial charge on any atom is 0.231 e. The van der Waals surface area contributed by atoms with Gasteiger partial charge in [0.25, 0.3) is 0 Å². The molecule has 0 aromatic carbocycles. The zero-order valence-electron chi connectivity index (χ0n) is 8.61. The number of rotatable bonds is 3. The molecule has 1 fully saturated rings. The Morgan fingerprint density at radius 1 is 1.60 bits per heavy atom. The first-order valence-corrected chi connectivity index (χ1v) is 5.04. The first kappa shape index (κ1) is 12.2. The van der Waals surface area contributed by atoms with Gasteiger partial charge in [0.05, 0.1) is 5.92 Å². The third-order valence-electron chi connectivity index (χ3n) is 2.46. The van der Waals surface area contributed by atoms with Crippen LogP contribution in [-0.4, -0.2) is 23.2 Å². The van der Waals surface area contributed by atoms with Crippen LogP contribution in [0.3, 0.4) is 0 Å². The summed E-state index contributed by atoms with van der Waals surface area (Å²) >= 11 is 0. The molecule has 1 N–H and O–H groups in total. The number of nitrogens with zero attached hydrogens (tertiary/aromatic N) is 2. The number of allylic oxidation sites excluding steroid dienone is 1. The van der Waals surface area contributed by atoms with Crippen molar-refractivity contribution in [3.63, 3.8) is 0 Å². The Labute approximate surface area is 95.5 Å². The number of nitrogens with one attached hydrogen (secondary N) is 1. The summed E-state index contributed by atoms with van der Waals surface area (Å²) in [4.78, 5) is 4.33. The molecule has 5 heteroatoms. The zero-order chi connectivity index (χ0) is 9.80. The number of piperidine rings is 1. The van der Waals surface area contributed by atoms with E-state index in [2.05, 4.69) is 22.0 Å². The molecule has 2 heterocycles. The molecule has 2 rings (SSSR count). The van der Waals surface area contributed by atoms with Crippen molar-refractivity contribution in [1.82, 2.24) is 15.5 Å². The van der Waals surface area contributed by atoms with Crippen molar-refractivity contribution in [2.24, 2.45) is 0 Å². The molecule has 1 aromatic rings. The van der Waals surface area contributed by atoms with Crippen LogP contribution in [0.2, 0.25) is 0 Å². The van der Waals surface area contributed by atoms with Crippen LogP contribution in [0.15, 0.2) is 17.2 Å². The minimum absolute atomic E-state index is 0. The lowest BCUT2D eigenvalue weighted by atomic mass is 10.00. The van der Waals surface area contributed by atoms with Crippen molar-refractivity contribution in [2.75, 3.05) is 13.1 Å². The highest BCUT2D eigenvalue weighted by atomic mass is 35.5. The van der Waals surface area contributed by atoms with Crippen molar-refractivity contribution >= 4 is 12.4 Å². The molecule has 0 spiro atoms. The van der Waals surface area contributed by atoms with E-state index in [1.807, 2.05) is 0 Å². The third kappa shape index (κ3) is 3.04. The Kier molecular flexibility index (Phi) is 4.78. The van der Waals surface area contributed by atoms with Crippen LogP contribution in [0.1, 0.15) is 30.5 Å². The average molecular weight is 230 g/mol. The Hall–Kier alpha value is -0.870. The lowest BCUT2D eigenvalue weighted by molar-refractivity contribution is 0.320. The molecule has 0 aliphatic carbocycles. The van der Waals surface area contributed by atoms with E-state index in [-0.39, 0.29) is 12.4 Å². The van der Waals surface area contributed by atoms with Crippen molar-refractivity contribution in [2.45, 2.75) is 25.2 Å². The standard InChI is InChI=1S/C10H15N3O.ClH/c1-2-4-9-12-10(14-13-9)8-5-3-6-11-7-8;/h2,8,11H,1,3-7H2;1H. The van der Waals surface area contributed by atoms with E-state index in [1.54, 1.807) is 6.08 Å². The summed E-state index contributed by atoms with van der Waals surface area (Å²) in [5, 5.41) is 7.22. The van der Waals surface area contributed by atoms with Gasteiger partial charge in [-0.15, -0.1) is 19.0 Å². The van der Waals surface area contributed by atoms with Crippen LogP contribution < -0.4 is 5.32 Å². The van der Waals surface area contributed by atoms with Crippen molar-refractivity contribution < 1.29 is 4.52 Å². The third-order valence-corrected chi connectivity index (χ3v) is 2.46. The summed E-state index contributed by atoms with van der Waals surface area (Å²) in [6, 6.07) is 0. The second kappa shape index (κ2) is 5.88. The SMILES string of the molecule is C=CCc1noc(C2CCCNC2)n1.Cl. The maximum absolute atomic E-state index is 5.21. The van der Waals surface area contributed by atoms with Gasteiger partial charge in [0.2, 0.25) is 5.89 Å². The molecule has 84 valence electrons. The fraction of sp³-hybridized carbons (Fsp3) is 0.600. The zero-order valence-corrected chi connectivity index (χ0v) is 9.42. The van der Waals surface area contributed by atoms with Gasteiger partial charge in [-0.1, -0.05) is 11.2 Å². The molecule has 0 radical (unpaired) electrons. The van der Waals surface area contributed by atoms with Gasteiger partial charge in [0.1, 0.15) is 0 Å². The number of aromatic nitrogens is 2. The predicted octanol–water partition coefficient (Wildman–Crippen LogP) is 1.69. The van der Waals surface area contributed by atoms with Crippen molar-refractivity contribution in [3.8, 4) is 0 Å². The summed E-state index contributed by atoms with van der Waals surface area (Å²) in [5.41, 5.74) is 0.